The quantitative estimate of drug-likeness (QED) is 0.734. The highest BCUT2D eigenvalue weighted by atomic mass is 16.6. The Morgan fingerprint density at radius 2 is 2.00 bits per heavy atom. The van der Waals surface area contributed by atoms with E-state index in [1.807, 2.05) is 18.2 Å². The van der Waals surface area contributed by atoms with Crippen LogP contribution in [0, 0.1) is 0 Å². The van der Waals surface area contributed by atoms with Gasteiger partial charge in [0.1, 0.15) is 5.82 Å². The van der Waals surface area contributed by atoms with Crippen LogP contribution in [0.15, 0.2) is 61.0 Å². The molecule has 3 nitrogen and oxygen atoms in total. The van der Waals surface area contributed by atoms with Gasteiger partial charge < -0.3 is 10.6 Å². The van der Waals surface area contributed by atoms with E-state index in [-0.39, 0.29) is 5.92 Å². The number of benzene rings is 2. The molecule has 0 radical (unpaired) electrons. The molecule has 0 saturated heterocycles. The van der Waals surface area contributed by atoms with Crippen molar-refractivity contribution in [2.24, 2.45) is 5.73 Å². The highest BCUT2D eigenvalue weighted by Crippen LogP contribution is 2.40. The Hall–Kier alpha value is -2.94. The Bertz CT molecular complexity index is 922. The lowest BCUT2D eigenvalue weighted by Crippen LogP contribution is -2.23. The second-order valence-electron chi connectivity index (χ2n) is 7.25. The number of fused-ring (bicyclic) bond motifs is 1. The molecule has 3 N–H and O–H groups in total. The van der Waals surface area contributed by atoms with Gasteiger partial charge in [0.05, 0.1) is 0 Å². The Kier molecular flexibility index (Phi) is 5.41. The summed E-state index contributed by atoms with van der Waals surface area (Å²) < 4.78 is 0. The van der Waals surface area contributed by atoms with Gasteiger partial charge in [0.25, 0.3) is 0 Å². The molecule has 0 bridgehead atoms. The Morgan fingerprint density at radius 3 is 2.67 bits per heavy atom. The van der Waals surface area contributed by atoms with Crippen molar-refractivity contribution in [2.75, 3.05) is 0 Å². The SMILES string of the molecule is C=Cc1ccccc1/C(=C\C)c1cc(C(C)C)c2c(c1)C(C)C=C(N)NO2. The smallest absolute Gasteiger partial charge is 0.162 e. The van der Waals surface area contributed by atoms with Crippen molar-refractivity contribution in [3.05, 3.63) is 88.8 Å². The highest BCUT2D eigenvalue weighted by Gasteiger charge is 2.23. The van der Waals surface area contributed by atoms with Crippen LogP contribution in [0.2, 0.25) is 0 Å². The summed E-state index contributed by atoms with van der Waals surface area (Å²) in [7, 11) is 0. The third-order valence-electron chi connectivity index (χ3n) is 5.03. The first-order valence-corrected chi connectivity index (χ1v) is 9.42. The molecule has 0 fully saturated rings. The van der Waals surface area contributed by atoms with E-state index in [9.17, 15) is 0 Å². The van der Waals surface area contributed by atoms with Crippen LogP contribution in [-0.2, 0) is 0 Å². The number of allylic oxidation sites excluding steroid dienone is 2. The van der Waals surface area contributed by atoms with Gasteiger partial charge in [-0.2, -0.15) is 0 Å². The van der Waals surface area contributed by atoms with Crippen molar-refractivity contribution in [2.45, 2.75) is 39.5 Å². The van der Waals surface area contributed by atoms with Crippen LogP contribution in [-0.4, -0.2) is 0 Å². The standard InChI is InChI=1S/C24H28N2O/c1-6-17-10-8-9-11-20(17)19(7-2)18-13-21(15(3)4)24-22(14-18)16(5)12-23(25)26-27-24/h6-16,26H,1,25H2,2-5H3/b19-7-. The second kappa shape index (κ2) is 7.75. The maximum absolute atomic E-state index is 5.99. The summed E-state index contributed by atoms with van der Waals surface area (Å²) in [6, 6.07) is 12.8. The molecule has 3 heteroatoms. The average molecular weight is 361 g/mol. The van der Waals surface area contributed by atoms with Crippen LogP contribution >= 0.6 is 0 Å². The first-order chi connectivity index (χ1) is 13.0. The van der Waals surface area contributed by atoms with E-state index in [0.29, 0.717) is 11.7 Å². The van der Waals surface area contributed by atoms with Gasteiger partial charge in [-0.05, 0) is 53.3 Å². The molecule has 1 aliphatic rings. The van der Waals surface area contributed by atoms with E-state index >= 15 is 0 Å². The monoisotopic (exact) mass is 360 g/mol. The summed E-state index contributed by atoms with van der Waals surface area (Å²) in [6.07, 6.45) is 6.07. The number of nitrogens with two attached hydrogens (primary N) is 1. The minimum absolute atomic E-state index is 0.153. The Labute approximate surface area is 162 Å². The van der Waals surface area contributed by atoms with Gasteiger partial charge in [0.15, 0.2) is 5.75 Å². The first-order valence-electron chi connectivity index (χ1n) is 9.42. The summed E-state index contributed by atoms with van der Waals surface area (Å²) in [4.78, 5) is 5.86. The van der Waals surface area contributed by atoms with Gasteiger partial charge in [0.2, 0.25) is 0 Å². The molecule has 0 aromatic heterocycles. The molecule has 1 aliphatic heterocycles. The fraction of sp³-hybridized carbons (Fsp3) is 0.250. The third kappa shape index (κ3) is 3.63. The van der Waals surface area contributed by atoms with Crippen LogP contribution in [0.5, 0.6) is 5.75 Å². The molecule has 3 rings (SSSR count). The zero-order valence-corrected chi connectivity index (χ0v) is 16.5. The predicted octanol–water partition coefficient (Wildman–Crippen LogP) is 5.71. The predicted molar refractivity (Wildman–Crippen MR) is 114 cm³/mol. The summed E-state index contributed by atoms with van der Waals surface area (Å²) in [5.74, 6) is 1.89. The van der Waals surface area contributed by atoms with Crippen molar-refractivity contribution in [3.63, 3.8) is 0 Å². The molecule has 0 amide bonds. The van der Waals surface area contributed by atoms with E-state index in [1.165, 1.54) is 22.3 Å². The fourth-order valence-electron chi connectivity index (χ4n) is 3.62. The summed E-state index contributed by atoms with van der Waals surface area (Å²) in [6.45, 7) is 12.6. The fourth-order valence-corrected chi connectivity index (χ4v) is 3.62. The first kappa shape index (κ1) is 18.8. The molecule has 2 aromatic carbocycles. The van der Waals surface area contributed by atoms with Crippen molar-refractivity contribution >= 4 is 11.6 Å². The number of nitrogens with one attached hydrogen (secondary N) is 1. The van der Waals surface area contributed by atoms with Gasteiger partial charge in [-0.25, -0.2) is 5.48 Å². The minimum Gasteiger partial charge on any atom is -0.383 e. The molecule has 0 spiro atoms. The summed E-state index contributed by atoms with van der Waals surface area (Å²) >= 11 is 0. The van der Waals surface area contributed by atoms with Gasteiger partial charge >= 0.3 is 0 Å². The Morgan fingerprint density at radius 1 is 1.26 bits per heavy atom. The third-order valence-corrected chi connectivity index (χ3v) is 5.03. The zero-order chi connectivity index (χ0) is 19.6. The number of hydroxylamine groups is 1. The average Bonchev–Trinajstić information content (AvgIpc) is 2.80. The van der Waals surface area contributed by atoms with E-state index < -0.39 is 0 Å². The van der Waals surface area contributed by atoms with Crippen LogP contribution in [0.3, 0.4) is 0 Å². The van der Waals surface area contributed by atoms with Crippen LogP contribution < -0.4 is 16.1 Å². The van der Waals surface area contributed by atoms with E-state index in [1.54, 1.807) is 0 Å². The Balaban J connectivity index is 2.23. The largest absolute Gasteiger partial charge is 0.383 e. The van der Waals surface area contributed by atoms with Crippen molar-refractivity contribution in [1.29, 1.82) is 0 Å². The second-order valence-corrected chi connectivity index (χ2v) is 7.25. The van der Waals surface area contributed by atoms with E-state index in [2.05, 4.69) is 76.2 Å². The lowest BCUT2D eigenvalue weighted by atomic mass is 9.86. The molecule has 1 heterocycles. The number of rotatable bonds is 4. The maximum Gasteiger partial charge on any atom is 0.162 e. The lowest BCUT2D eigenvalue weighted by molar-refractivity contribution is 0.225. The highest BCUT2D eigenvalue weighted by molar-refractivity contribution is 5.85. The van der Waals surface area contributed by atoms with Crippen LogP contribution in [0.1, 0.15) is 67.3 Å². The van der Waals surface area contributed by atoms with Gasteiger partial charge in [0, 0.05) is 17.0 Å². The zero-order valence-electron chi connectivity index (χ0n) is 16.5. The van der Waals surface area contributed by atoms with Crippen LogP contribution in [0.4, 0.5) is 0 Å². The van der Waals surface area contributed by atoms with Crippen molar-refractivity contribution in [3.8, 4) is 5.75 Å². The molecule has 0 aliphatic carbocycles. The minimum atomic E-state index is 0.153. The van der Waals surface area contributed by atoms with Crippen molar-refractivity contribution in [1.82, 2.24) is 5.48 Å². The van der Waals surface area contributed by atoms with E-state index in [0.717, 1.165) is 16.9 Å². The molecule has 140 valence electrons. The topological polar surface area (TPSA) is 47.3 Å². The molecule has 0 saturated carbocycles. The molecule has 27 heavy (non-hydrogen) atoms. The maximum atomic E-state index is 5.99. The van der Waals surface area contributed by atoms with Gasteiger partial charge in [-0.3, -0.25) is 0 Å². The molecule has 1 unspecified atom stereocenters. The van der Waals surface area contributed by atoms with Crippen molar-refractivity contribution < 1.29 is 4.84 Å². The van der Waals surface area contributed by atoms with Gasteiger partial charge in [-0.15, -0.1) is 0 Å². The van der Waals surface area contributed by atoms with Crippen LogP contribution in [0.25, 0.3) is 11.6 Å². The van der Waals surface area contributed by atoms with Gasteiger partial charge in [-0.1, -0.05) is 63.8 Å². The molecule has 1 atom stereocenters. The van der Waals surface area contributed by atoms with E-state index in [4.69, 9.17) is 10.6 Å². The normalized spacial score (nSPS) is 16.7. The lowest BCUT2D eigenvalue weighted by Gasteiger charge is -2.21. The molecular formula is C24H28N2O. The number of hydrogen-bond donors (Lipinski definition) is 2. The summed E-state index contributed by atoms with van der Waals surface area (Å²) in [5.41, 5.74) is 15.8. The number of hydrogen-bond acceptors (Lipinski definition) is 3. The summed E-state index contributed by atoms with van der Waals surface area (Å²) in [5, 5.41) is 0. The molecular weight excluding hydrogens is 332 g/mol. The molecule has 2 aromatic rings.